The van der Waals surface area contributed by atoms with E-state index >= 15 is 0 Å². The van der Waals surface area contributed by atoms with E-state index in [0.717, 1.165) is 11.3 Å². The van der Waals surface area contributed by atoms with Gasteiger partial charge in [-0.1, -0.05) is 30.0 Å². The average molecular weight is 194 g/mol. The van der Waals surface area contributed by atoms with E-state index in [2.05, 4.69) is 11.8 Å². The summed E-state index contributed by atoms with van der Waals surface area (Å²) in [6.07, 6.45) is 5.27. The predicted octanol–water partition coefficient (Wildman–Crippen LogP) is 3.34. The number of furan rings is 1. The first-order valence-electron chi connectivity index (χ1n) is 4.72. The molecule has 0 aliphatic heterocycles. The molecule has 0 aliphatic rings. The first kappa shape index (κ1) is 9.36. The third-order valence-corrected chi connectivity index (χ3v) is 1.86. The van der Waals surface area contributed by atoms with E-state index in [9.17, 15) is 0 Å². The van der Waals surface area contributed by atoms with Gasteiger partial charge in [0.15, 0.2) is 0 Å². The van der Waals surface area contributed by atoms with Crippen LogP contribution in [0, 0.1) is 11.8 Å². The third-order valence-electron chi connectivity index (χ3n) is 1.86. The second-order valence-corrected chi connectivity index (χ2v) is 2.98. The van der Waals surface area contributed by atoms with E-state index in [4.69, 9.17) is 4.42 Å². The van der Waals surface area contributed by atoms with Gasteiger partial charge in [0.05, 0.1) is 6.26 Å². The van der Waals surface area contributed by atoms with Gasteiger partial charge in [-0.2, -0.15) is 0 Å². The fraction of sp³-hybridized carbons (Fsp3) is 0. The molecule has 0 saturated heterocycles. The van der Waals surface area contributed by atoms with Gasteiger partial charge < -0.3 is 4.42 Å². The summed E-state index contributed by atoms with van der Waals surface area (Å²) in [5, 5.41) is 0. The van der Waals surface area contributed by atoms with E-state index in [1.165, 1.54) is 0 Å². The number of hydrogen-bond acceptors (Lipinski definition) is 1. The Morgan fingerprint density at radius 2 is 1.87 bits per heavy atom. The molecule has 0 atom stereocenters. The summed E-state index contributed by atoms with van der Waals surface area (Å²) >= 11 is 0. The van der Waals surface area contributed by atoms with E-state index in [0.29, 0.717) is 0 Å². The first-order valence-corrected chi connectivity index (χ1v) is 4.72. The van der Waals surface area contributed by atoms with Crippen molar-refractivity contribution in [3.05, 3.63) is 66.1 Å². The molecular formula is C14H10O. The minimum Gasteiger partial charge on any atom is -0.465 e. The topological polar surface area (TPSA) is 13.1 Å². The fourth-order valence-electron chi connectivity index (χ4n) is 1.16. The maximum Gasteiger partial charge on any atom is 0.127 e. The smallest absolute Gasteiger partial charge is 0.127 e. The Kier molecular flexibility index (Phi) is 3.04. The van der Waals surface area contributed by atoms with E-state index in [1.54, 1.807) is 12.3 Å². The molecule has 1 aromatic heterocycles. The molecule has 0 fully saturated rings. The normalized spacial score (nSPS) is 9.87. The summed E-state index contributed by atoms with van der Waals surface area (Å²) in [5.74, 6) is 6.80. The Hall–Kier alpha value is -2.20. The number of rotatable bonds is 1. The Balaban J connectivity index is 2.02. The fourth-order valence-corrected chi connectivity index (χ4v) is 1.16. The van der Waals surface area contributed by atoms with Crippen molar-refractivity contribution < 1.29 is 4.42 Å². The van der Waals surface area contributed by atoms with Crippen LogP contribution >= 0.6 is 0 Å². The Morgan fingerprint density at radius 1 is 1.00 bits per heavy atom. The van der Waals surface area contributed by atoms with Gasteiger partial charge in [0.25, 0.3) is 0 Å². The van der Waals surface area contributed by atoms with Crippen LogP contribution in [0.1, 0.15) is 11.3 Å². The molecule has 0 N–H and O–H groups in total. The third kappa shape index (κ3) is 2.89. The molecule has 1 aromatic carbocycles. The van der Waals surface area contributed by atoms with Crippen molar-refractivity contribution in [2.75, 3.05) is 0 Å². The van der Waals surface area contributed by atoms with Gasteiger partial charge in [-0.25, -0.2) is 0 Å². The maximum absolute atomic E-state index is 5.13. The molecule has 1 nitrogen and oxygen atoms in total. The quantitative estimate of drug-likeness (QED) is 0.634. The van der Waals surface area contributed by atoms with Gasteiger partial charge in [-0.15, -0.1) is 0 Å². The minimum absolute atomic E-state index is 0.817. The average Bonchev–Trinajstić information content (AvgIpc) is 2.79. The van der Waals surface area contributed by atoms with Crippen molar-refractivity contribution in [1.29, 1.82) is 0 Å². The molecule has 0 amide bonds. The molecule has 2 aromatic rings. The lowest BCUT2D eigenvalue weighted by atomic mass is 10.2. The molecule has 72 valence electrons. The zero-order valence-corrected chi connectivity index (χ0v) is 8.18. The molecule has 1 heteroatoms. The molecule has 0 saturated carbocycles. The maximum atomic E-state index is 5.13. The van der Waals surface area contributed by atoms with Gasteiger partial charge in [-0.05, 0) is 36.4 Å². The van der Waals surface area contributed by atoms with Gasteiger partial charge in [0, 0.05) is 5.56 Å². The van der Waals surface area contributed by atoms with Crippen LogP contribution in [0.4, 0.5) is 0 Å². The van der Waals surface area contributed by atoms with Crippen molar-refractivity contribution in [1.82, 2.24) is 0 Å². The van der Waals surface area contributed by atoms with Crippen molar-refractivity contribution in [2.24, 2.45) is 0 Å². The van der Waals surface area contributed by atoms with Gasteiger partial charge in [0.1, 0.15) is 5.76 Å². The second kappa shape index (κ2) is 4.88. The highest BCUT2D eigenvalue weighted by Crippen LogP contribution is 2.01. The summed E-state index contributed by atoms with van der Waals surface area (Å²) in [6, 6.07) is 13.6. The zero-order valence-electron chi connectivity index (χ0n) is 8.18. The van der Waals surface area contributed by atoms with Crippen LogP contribution < -0.4 is 0 Å². The predicted molar refractivity (Wildman–Crippen MR) is 61.1 cm³/mol. The van der Waals surface area contributed by atoms with Crippen LogP contribution in [0.2, 0.25) is 0 Å². The van der Waals surface area contributed by atoms with Gasteiger partial charge >= 0.3 is 0 Å². The molecule has 0 radical (unpaired) electrons. The molecule has 2 rings (SSSR count). The van der Waals surface area contributed by atoms with Crippen molar-refractivity contribution >= 4 is 6.08 Å². The lowest BCUT2D eigenvalue weighted by Gasteiger charge is -1.84. The van der Waals surface area contributed by atoms with Crippen LogP contribution in [0.3, 0.4) is 0 Å². The summed E-state index contributed by atoms with van der Waals surface area (Å²) in [7, 11) is 0. The van der Waals surface area contributed by atoms with Gasteiger partial charge in [0.2, 0.25) is 0 Å². The Morgan fingerprint density at radius 3 is 2.60 bits per heavy atom. The van der Waals surface area contributed by atoms with Crippen LogP contribution in [-0.2, 0) is 0 Å². The van der Waals surface area contributed by atoms with E-state index < -0.39 is 0 Å². The van der Waals surface area contributed by atoms with Crippen molar-refractivity contribution in [3.8, 4) is 11.8 Å². The standard InChI is InChI=1S/C14H10O/c1-2-7-13(8-3-1)9-4-5-10-14-11-6-12-15-14/h1-3,5-8,10-12H/b10-5+. The van der Waals surface area contributed by atoms with E-state index in [-0.39, 0.29) is 0 Å². The highest BCUT2D eigenvalue weighted by Gasteiger charge is 1.84. The minimum atomic E-state index is 0.817. The van der Waals surface area contributed by atoms with E-state index in [1.807, 2.05) is 48.5 Å². The summed E-state index contributed by atoms with van der Waals surface area (Å²) in [6.45, 7) is 0. The highest BCUT2D eigenvalue weighted by molar-refractivity contribution is 5.49. The summed E-state index contributed by atoms with van der Waals surface area (Å²) in [5.41, 5.74) is 1.02. The lowest BCUT2D eigenvalue weighted by molar-refractivity contribution is 0.557. The van der Waals surface area contributed by atoms with Crippen LogP contribution in [0.5, 0.6) is 0 Å². The SMILES string of the molecule is C(#Cc1ccccc1)/C=C/c1ccco1. The molecular weight excluding hydrogens is 184 g/mol. The lowest BCUT2D eigenvalue weighted by Crippen LogP contribution is -1.68. The Labute approximate surface area is 89.1 Å². The molecule has 0 aliphatic carbocycles. The highest BCUT2D eigenvalue weighted by atomic mass is 16.3. The molecule has 15 heavy (non-hydrogen) atoms. The summed E-state index contributed by atoms with van der Waals surface area (Å²) in [4.78, 5) is 0. The molecule has 0 bridgehead atoms. The largest absolute Gasteiger partial charge is 0.465 e. The van der Waals surface area contributed by atoms with Crippen LogP contribution in [0.25, 0.3) is 6.08 Å². The number of benzene rings is 1. The molecule has 1 heterocycles. The van der Waals surface area contributed by atoms with Gasteiger partial charge in [-0.3, -0.25) is 0 Å². The summed E-state index contributed by atoms with van der Waals surface area (Å²) < 4.78 is 5.13. The van der Waals surface area contributed by atoms with Crippen LogP contribution in [-0.4, -0.2) is 0 Å². The van der Waals surface area contributed by atoms with Crippen molar-refractivity contribution in [3.63, 3.8) is 0 Å². The number of hydrogen-bond donors (Lipinski definition) is 0. The number of allylic oxidation sites excluding steroid dienone is 1. The molecule has 0 unspecified atom stereocenters. The first-order chi connectivity index (χ1) is 7.45. The van der Waals surface area contributed by atoms with Crippen molar-refractivity contribution in [2.45, 2.75) is 0 Å². The monoisotopic (exact) mass is 194 g/mol. The molecule has 0 spiro atoms. The Bertz CT molecular complexity index is 481. The zero-order chi connectivity index (χ0) is 10.3. The van der Waals surface area contributed by atoms with Crippen LogP contribution in [0.15, 0.2) is 59.2 Å². The second-order valence-electron chi connectivity index (χ2n) is 2.98.